The molecule has 0 N–H and O–H groups in total. The lowest BCUT2D eigenvalue weighted by Gasteiger charge is -2.31. The van der Waals surface area contributed by atoms with E-state index in [0.717, 1.165) is 34.5 Å². The number of carbonyl (C=O) groups is 3. The molecule has 0 unspecified atom stereocenters. The highest BCUT2D eigenvalue weighted by atomic mass is 32.2. The summed E-state index contributed by atoms with van der Waals surface area (Å²) in [6.07, 6.45) is 67.5. The van der Waals surface area contributed by atoms with Gasteiger partial charge in [0.25, 0.3) is 0 Å². The van der Waals surface area contributed by atoms with Crippen LogP contribution in [0.5, 0.6) is 0 Å². The average Bonchev–Trinajstić information content (AvgIpc) is 3.45. The highest BCUT2D eigenvalue weighted by molar-refractivity contribution is 7.99. The van der Waals surface area contributed by atoms with Gasteiger partial charge in [-0.25, -0.2) is 0 Å². The van der Waals surface area contributed by atoms with Gasteiger partial charge in [0.2, 0.25) is 0 Å². The van der Waals surface area contributed by atoms with Crippen LogP contribution in [0.15, 0.2) is 0 Å². The van der Waals surface area contributed by atoms with Crippen molar-refractivity contribution in [3.8, 4) is 0 Å². The van der Waals surface area contributed by atoms with Gasteiger partial charge in [0, 0.05) is 17.3 Å². The molecule has 0 saturated carbocycles. The number of esters is 3. The van der Waals surface area contributed by atoms with E-state index in [1.165, 1.54) is 308 Å². The predicted octanol–water partition coefficient (Wildman–Crippen LogP) is 23.2. The SMILES string of the molecule is CCCCCCCCCCCCCCCCCCSCCC(=O)OCC(CC)(COC(=O)CCSCCCCCCCCCCCCCCCCCC)COC(=O)CCSCCCCCCCCCCCCCCCCCC. The third kappa shape index (κ3) is 60.1. The van der Waals surface area contributed by atoms with E-state index in [1.54, 1.807) is 0 Å². The van der Waals surface area contributed by atoms with Gasteiger partial charge in [-0.3, -0.25) is 14.4 Å². The molecule has 0 aromatic rings. The van der Waals surface area contributed by atoms with Crippen LogP contribution in [-0.2, 0) is 28.6 Å². The van der Waals surface area contributed by atoms with Gasteiger partial charge in [0.15, 0.2) is 0 Å². The molecule has 464 valence electrons. The van der Waals surface area contributed by atoms with Gasteiger partial charge < -0.3 is 14.2 Å². The topological polar surface area (TPSA) is 78.9 Å². The van der Waals surface area contributed by atoms with Crippen molar-refractivity contribution in [1.82, 2.24) is 0 Å². The molecule has 0 saturated heterocycles. The van der Waals surface area contributed by atoms with E-state index >= 15 is 0 Å². The number of hydrogen-bond donors (Lipinski definition) is 0. The number of rotatable bonds is 67. The van der Waals surface area contributed by atoms with Gasteiger partial charge >= 0.3 is 17.9 Å². The molecule has 0 spiro atoms. The lowest BCUT2D eigenvalue weighted by Crippen LogP contribution is -2.39. The van der Waals surface area contributed by atoms with E-state index < -0.39 is 5.41 Å². The standard InChI is InChI=1S/C69H134O6S3/c1-5-9-12-15-18-21-24-27-30-33-36-39-42-45-48-51-57-76-60-54-66(70)73-63-69(8-4,64-74-67(71)55-61-77-58-52-49-46-43-40-37-34-31-28-25-22-19-16-13-10-6-2)65-75-68(72)56-62-78-59-53-50-47-44-41-38-35-32-29-26-23-20-17-14-11-7-3/h5-65H2,1-4H3. The van der Waals surface area contributed by atoms with Crippen molar-refractivity contribution in [2.24, 2.45) is 5.41 Å². The number of unbranched alkanes of at least 4 members (excludes halogenated alkanes) is 45. The van der Waals surface area contributed by atoms with Crippen LogP contribution >= 0.6 is 35.3 Å². The van der Waals surface area contributed by atoms with Gasteiger partial charge in [0.1, 0.15) is 19.8 Å². The number of hydrogen-bond acceptors (Lipinski definition) is 9. The molecular weight excluding hydrogens is 1020 g/mol. The van der Waals surface area contributed by atoms with E-state index in [-0.39, 0.29) is 37.7 Å². The monoisotopic (exact) mass is 1150 g/mol. The van der Waals surface area contributed by atoms with Crippen molar-refractivity contribution in [1.29, 1.82) is 0 Å². The molecule has 0 aromatic heterocycles. The van der Waals surface area contributed by atoms with Gasteiger partial charge in [-0.1, -0.05) is 317 Å². The third-order valence-corrected chi connectivity index (χ3v) is 19.4. The molecule has 0 atom stereocenters. The normalized spacial score (nSPS) is 11.7. The summed E-state index contributed by atoms with van der Waals surface area (Å²) in [4.78, 5) is 39.0. The molecule has 0 radical (unpaired) electrons. The lowest BCUT2D eigenvalue weighted by molar-refractivity contribution is -0.161. The number of carbonyl (C=O) groups excluding carboxylic acids is 3. The molecule has 6 nitrogen and oxygen atoms in total. The molecule has 0 bridgehead atoms. The van der Waals surface area contributed by atoms with Crippen LogP contribution in [0.3, 0.4) is 0 Å². The Kier molecular flexibility index (Phi) is 65.2. The van der Waals surface area contributed by atoms with Crippen LogP contribution in [0.4, 0.5) is 0 Å². The number of thioether (sulfide) groups is 3. The quantitative estimate of drug-likeness (QED) is 0.0336. The van der Waals surface area contributed by atoms with Crippen LogP contribution in [-0.4, -0.2) is 72.2 Å². The molecule has 78 heavy (non-hydrogen) atoms. The first-order valence-electron chi connectivity index (χ1n) is 34.6. The molecule has 0 aliphatic rings. The Labute approximate surface area is 500 Å². The first kappa shape index (κ1) is 77.5. The van der Waals surface area contributed by atoms with Crippen LogP contribution in [0.2, 0.25) is 0 Å². The van der Waals surface area contributed by atoms with Crippen molar-refractivity contribution < 1.29 is 28.6 Å². The fourth-order valence-corrected chi connectivity index (χ4v) is 13.1. The van der Waals surface area contributed by atoms with Gasteiger partial charge in [0.05, 0.1) is 24.7 Å². The molecule has 0 aliphatic carbocycles. The maximum Gasteiger partial charge on any atom is 0.306 e. The Bertz CT molecular complexity index is 1080. The maximum absolute atomic E-state index is 13.0. The second-order valence-corrected chi connectivity index (χ2v) is 27.5. The van der Waals surface area contributed by atoms with Crippen LogP contribution in [0.25, 0.3) is 0 Å². The highest BCUT2D eigenvalue weighted by Gasteiger charge is 2.34. The minimum absolute atomic E-state index is 0.0781. The molecule has 9 heteroatoms. The Morgan fingerprint density at radius 2 is 0.410 bits per heavy atom. The molecule has 0 heterocycles. The van der Waals surface area contributed by atoms with Gasteiger partial charge in [-0.2, -0.15) is 35.3 Å². The van der Waals surface area contributed by atoms with Crippen molar-refractivity contribution in [2.75, 3.05) is 54.3 Å². The van der Waals surface area contributed by atoms with Crippen molar-refractivity contribution in [3.05, 3.63) is 0 Å². The van der Waals surface area contributed by atoms with E-state index in [9.17, 15) is 14.4 Å². The van der Waals surface area contributed by atoms with E-state index in [2.05, 4.69) is 20.8 Å². The summed E-state index contributed by atoms with van der Waals surface area (Å²) in [5, 5.41) is 0. The summed E-state index contributed by atoms with van der Waals surface area (Å²) in [7, 11) is 0. The summed E-state index contributed by atoms with van der Waals surface area (Å²) in [6.45, 7) is 9.11. The highest BCUT2D eigenvalue weighted by Crippen LogP contribution is 2.26. The summed E-state index contributed by atoms with van der Waals surface area (Å²) >= 11 is 5.51. The zero-order valence-electron chi connectivity index (χ0n) is 52.8. The minimum Gasteiger partial charge on any atom is -0.465 e. The fraction of sp³-hybridized carbons (Fsp3) is 0.957. The molecular formula is C69H134O6S3. The van der Waals surface area contributed by atoms with Crippen LogP contribution < -0.4 is 0 Å². The average molecular weight is 1160 g/mol. The summed E-state index contributed by atoms with van der Waals surface area (Å²) in [6, 6.07) is 0. The van der Waals surface area contributed by atoms with Crippen molar-refractivity contribution in [2.45, 2.75) is 362 Å². The molecule has 0 fully saturated rings. The summed E-state index contributed by atoms with van der Waals surface area (Å²) < 4.78 is 17.6. The van der Waals surface area contributed by atoms with Gasteiger partial charge in [-0.15, -0.1) is 0 Å². The van der Waals surface area contributed by atoms with Crippen LogP contribution in [0, 0.1) is 5.41 Å². The minimum atomic E-state index is -0.761. The van der Waals surface area contributed by atoms with E-state index in [4.69, 9.17) is 14.2 Å². The molecule has 0 aromatic carbocycles. The Hall–Kier alpha value is -0.540. The lowest BCUT2D eigenvalue weighted by atomic mass is 9.88. The summed E-state index contributed by atoms with van der Waals surface area (Å²) in [5.74, 6) is 4.76. The smallest absolute Gasteiger partial charge is 0.306 e. The van der Waals surface area contributed by atoms with E-state index in [0.29, 0.717) is 25.7 Å². The second-order valence-electron chi connectivity index (χ2n) is 23.8. The third-order valence-electron chi connectivity index (χ3n) is 16.1. The first-order chi connectivity index (χ1) is 38.4. The zero-order chi connectivity index (χ0) is 56.6. The molecule has 0 rings (SSSR count). The first-order valence-corrected chi connectivity index (χ1v) is 38.1. The number of ether oxygens (including phenoxy) is 3. The Balaban J connectivity index is 4.47. The van der Waals surface area contributed by atoms with Crippen molar-refractivity contribution >= 4 is 53.2 Å². The largest absolute Gasteiger partial charge is 0.465 e. The molecule has 0 aliphatic heterocycles. The van der Waals surface area contributed by atoms with Crippen molar-refractivity contribution in [3.63, 3.8) is 0 Å². The Morgan fingerprint density at radius 3 is 0.577 bits per heavy atom. The predicted molar refractivity (Wildman–Crippen MR) is 350 cm³/mol. The Morgan fingerprint density at radius 1 is 0.244 bits per heavy atom. The summed E-state index contributed by atoms with van der Waals surface area (Å²) in [5.41, 5.74) is -0.761. The fourth-order valence-electron chi connectivity index (χ4n) is 10.4. The molecule has 0 amide bonds. The van der Waals surface area contributed by atoms with Gasteiger partial charge in [-0.05, 0) is 42.9 Å². The maximum atomic E-state index is 13.0. The van der Waals surface area contributed by atoms with E-state index in [1.807, 2.05) is 42.2 Å². The second kappa shape index (κ2) is 65.6. The zero-order valence-corrected chi connectivity index (χ0v) is 55.3. The van der Waals surface area contributed by atoms with Crippen LogP contribution in [0.1, 0.15) is 362 Å².